The Morgan fingerprint density at radius 2 is 0.530 bits per heavy atom. The smallest absolute Gasteiger partial charge is 0.306 e. The van der Waals surface area contributed by atoms with E-state index in [0.717, 1.165) is 63.7 Å². The molecule has 6 heteroatoms. The van der Waals surface area contributed by atoms with Gasteiger partial charge in [0.2, 0.25) is 0 Å². The third-order valence-corrected chi connectivity index (χ3v) is 14.2. The molecule has 0 rings (SSSR count). The summed E-state index contributed by atoms with van der Waals surface area (Å²) in [4.78, 5) is 38.0. The highest BCUT2D eigenvalue weighted by Gasteiger charge is 2.19. The van der Waals surface area contributed by atoms with Crippen molar-refractivity contribution in [2.24, 2.45) is 5.92 Å². The zero-order valence-electron chi connectivity index (χ0n) is 45.2. The number of hydrogen-bond donors (Lipinski definition) is 0. The van der Waals surface area contributed by atoms with Crippen LogP contribution in [0.15, 0.2) is 0 Å². The Balaban J connectivity index is 4.06. The first-order valence-corrected chi connectivity index (χ1v) is 29.9. The van der Waals surface area contributed by atoms with Crippen molar-refractivity contribution >= 4 is 17.9 Å². The monoisotopic (exact) mass is 933 g/mol. The minimum absolute atomic E-state index is 0.0626. The van der Waals surface area contributed by atoms with Gasteiger partial charge in [0.05, 0.1) is 0 Å². The molecule has 0 aliphatic heterocycles. The maximum atomic E-state index is 12.7. The first-order valence-electron chi connectivity index (χ1n) is 29.9. The molecule has 0 N–H and O–H groups in total. The van der Waals surface area contributed by atoms with Crippen LogP contribution in [0.2, 0.25) is 0 Å². The van der Waals surface area contributed by atoms with E-state index >= 15 is 0 Å². The van der Waals surface area contributed by atoms with Gasteiger partial charge in [-0.3, -0.25) is 14.4 Å². The lowest BCUT2D eigenvalue weighted by molar-refractivity contribution is -0.167. The van der Waals surface area contributed by atoms with E-state index in [1.807, 2.05) is 0 Å². The van der Waals surface area contributed by atoms with Crippen molar-refractivity contribution in [2.45, 2.75) is 348 Å². The van der Waals surface area contributed by atoms with Crippen molar-refractivity contribution in [3.8, 4) is 0 Å². The van der Waals surface area contributed by atoms with Crippen LogP contribution in [0.5, 0.6) is 0 Å². The molecule has 392 valence electrons. The molecule has 0 aliphatic carbocycles. The van der Waals surface area contributed by atoms with Crippen molar-refractivity contribution in [3.63, 3.8) is 0 Å². The van der Waals surface area contributed by atoms with Crippen LogP contribution in [0.4, 0.5) is 0 Å². The molecule has 0 aromatic rings. The number of ether oxygens (including phenoxy) is 3. The molecule has 0 saturated carbocycles. The average molecular weight is 934 g/mol. The van der Waals surface area contributed by atoms with E-state index in [0.29, 0.717) is 19.3 Å². The summed E-state index contributed by atoms with van der Waals surface area (Å²) < 4.78 is 16.8. The third-order valence-electron chi connectivity index (χ3n) is 14.2. The van der Waals surface area contributed by atoms with E-state index in [1.54, 1.807) is 0 Å². The predicted molar refractivity (Wildman–Crippen MR) is 284 cm³/mol. The Morgan fingerprint density at radius 3 is 0.788 bits per heavy atom. The molecule has 0 spiro atoms. The summed E-state index contributed by atoms with van der Waals surface area (Å²) in [5.41, 5.74) is 0. The largest absolute Gasteiger partial charge is 0.462 e. The van der Waals surface area contributed by atoms with Gasteiger partial charge in [0.25, 0.3) is 0 Å². The van der Waals surface area contributed by atoms with E-state index in [9.17, 15) is 14.4 Å². The van der Waals surface area contributed by atoms with Crippen LogP contribution in [-0.4, -0.2) is 37.2 Å². The van der Waals surface area contributed by atoms with Gasteiger partial charge in [-0.2, -0.15) is 0 Å². The highest BCUT2D eigenvalue weighted by Crippen LogP contribution is 2.19. The van der Waals surface area contributed by atoms with Gasteiger partial charge in [-0.1, -0.05) is 304 Å². The van der Waals surface area contributed by atoms with Crippen molar-refractivity contribution in [2.75, 3.05) is 13.2 Å². The number of carbonyl (C=O) groups is 3. The van der Waals surface area contributed by atoms with E-state index < -0.39 is 6.10 Å². The van der Waals surface area contributed by atoms with Crippen molar-refractivity contribution in [3.05, 3.63) is 0 Å². The third kappa shape index (κ3) is 51.8. The summed E-state index contributed by atoms with van der Waals surface area (Å²) in [6.45, 7) is 9.07. The fraction of sp³-hybridized carbons (Fsp3) is 0.950. The molecule has 0 bridgehead atoms. The van der Waals surface area contributed by atoms with Gasteiger partial charge >= 0.3 is 17.9 Å². The molecular weight excluding hydrogens is 817 g/mol. The maximum absolute atomic E-state index is 12.7. The Morgan fingerprint density at radius 1 is 0.303 bits per heavy atom. The molecule has 0 aromatic heterocycles. The second kappa shape index (κ2) is 54.4. The van der Waals surface area contributed by atoms with Crippen LogP contribution in [0.25, 0.3) is 0 Å². The minimum atomic E-state index is -0.760. The van der Waals surface area contributed by atoms with Crippen molar-refractivity contribution in [1.82, 2.24) is 0 Å². The lowest BCUT2D eigenvalue weighted by atomic mass is 9.99. The molecule has 6 nitrogen and oxygen atoms in total. The maximum Gasteiger partial charge on any atom is 0.306 e. The fourth-order valence-corrected chi connectivity index (χ4v) is 9.25. The van der Waals surface area contributed by atoms with Crippen LogP contribution in [-0.2, 0) is 28.6 Å². The number of rotatable bonds is 55. The highest BCUT2D eigenvalue weighted by atomic mass is 16.6. The van der Waals surface area contributed by atoms with E-state index in [4.69, 9.17) is 14.2 Å². The van der Waals surface area contributed by atoms with Gasteiger partial charge in [0.15, 0.2) is 6.10 Å². The summed E-state index contributed by atoms with van der Waals surface area (Å²) in [6.07, 6.45) is 59.8. The summed E-state index contributed by atoms with van der Waals surface area (Å²) in [7, 11) is 0. The summed E-state index contributed by atoms with van der Waals surface area (Å²) in [6, 6.07) is 0. The van der Waals surface area contributed by atoms with E-state index in [2.05, 4.69) is 27.7 Å². The molecule has 2 atom stereocenters. The molecule has 1 unspecified atom stereocenters. The second-order valence-corrected chi connectivity index (χ2v) is 20.9. The topological polar surface area (TPSA) is 78.9 Å². The molecule has 66 heavy (non-hydrogen) atoms. The minimum Gasteiger partial charge on any atom is -0.462 e. The summed E-state index contributed by atoms with van der Waals surface area (Å²) in [5, 5.41) is 0. The molecule has 0 amide bonds. The first kappa shape index (κ1) is 64.4. The molecule has 0 fully saturated rings. The molecule has 0 heterocycles. The quantitative estimate of drug-likeness (QED) is 0.0343. The zero-order chi connectivity index (χ0) is 48.1. The van der Waals surface area contributed by atoms with Gasteiger partial charge in [0.1, 0.15) is 13.2 Å². The SMILES string of the molecule is CCCCCCCCCCCCCCCCCCCCCC(=O)OC[C@H](COC(=O)CCCCCCCCCCCCCCCCCCCCC(C)CC)OC(=O)CCCCCCCCC. The lowest BCUT2D eigenvalue weighted by Gasteiger charge is -2.18. The highest BCUT2D eigenvalue weighted by molar-refractivity contribution is 5.71. The Kier molecular flexibility index (Phi) is 53.0. The van der Waals surface area contributed by atoms with E-state index in [1.165, 1.54) is 238 Å². The van der Waals surface area contributed by atoms with Gasteiger partial charge in [0, 0.05) is 19.3 Å². The fourth-order valence-electron chi connectivity index (χ4n) is 9.25. The second-order valence-electron chi connectivity index (χ2n) is 20.9. The predicted octanol–water partition coefficient (Wildman–Crippen LogP) is 19.8. The van der Waals surface area contributed by atoms with Crippen molar-refractivity contribution < 1.29 is 28.6 Å². The summed E-state index contributed by atoms with van der Waals surface area (Å²) >= 11 is 0. The molecular formula is C60H116O6. The van der Waals surface area contributed by atoms with Gasteiger partial charge in [-0.05, 0) is 25.2 Å². The van der Waals surface area contributed by atoms with Crippen LogP contribution >= 0.6 is 0 Å². The van der Waals surface area contributed by atoms with Crippen LogP contribution in [0, 0.1) is 5.92 Å². The standard InChI is InChI=1S/C60H116O6/c1-5-8-10-12-14-15-16-17-18-19-20-24-27-30-33-36-40-43-47-51-58(61)64-54-57(66-60(63)53-49-45-38-13-11-9-6-2)55-65-59(62)52-48-44-41-37-34-31-28-25-22-21-23-26-29-32-35-39-42-46-50-56(4)7-3/h56-57H,5-55H2,1-4H3/t56?,57-/m1/s1. The zero-order valence-corrected chi connectivity index (χ0v) is 45.2. The van der Waals surface area contributed by atoms with Crippen LogP contribution < -0.4 is 0 Å². The first-order chi connectivity index (χ1) is 32.4. The molecule has 0 aromatic carbocycles. The molecule has 0 saturated heterocycles. The van der Waals surface area contributed by atoms with Crippen LogP contribution in [0.1, 0.15) is 342 Å². The molecule has 0 radical (unpaired) electrons. The van der Waals surface area contributed by atoms with Gasteiger partial charge in [-0.25, -0.2) is 0 Å². The average Bonchev–Trinajstić information content (AvgIpc) is 3.32. The lowest BCUT2D eigenvalue weighted by Crippen LogP contribution is -2.30. The summed E-state index contributed by atoms with van der Waals surface area (Å²) in [5.74, 6) is 0.0674. The van der Waals surface area contributed by atoms with Crippen molar-refractivity contribution in [1.29, 1.82) is 0 Å². The number of carbonyl (C=O) groups excluding carboxylic acids is 3. The Hall–Kier alpha value is -1.59. The number of hydrogen-bond acceptors (Lipinski definition) is 6. The van der Waals surface area contributed by atoms with Gasteiger partial charge in [-0.15, -0.1) is 0 Å². The van der Waals surface area contributed by atoms with Gasteiger partial charge < -0.3 is 14.2 Å². The number of unbranched alkanes of at least 4 members (excludes halogenated alkanes) is 41. The molecule has 0 aliphatic rings. The Labute approximate surface area is 412 Å². The van der Waals surface area contributed by atoms with E-state index in [-0.39, 0.29) is 31.1 Å². The van der Waals surface area contributed by atoms with Crippen LogP contribution in [0.3, 0.4) is 0 Å². The number of esters is 3. The Bertz CT molecular complexity index is 998. The normalized spacial score (nSPS) is 12.4.